The Hall–Kier alpha value is -3.54. The fraction of sp³-hybridized carbons (Fsp3) is 0.250. The predicted molar refractivity (Wildman–Crippen MR) is 120 cm³/mol. The third kappa shape index (κ3) is 3.81. The van der Waals surface area contributed by atoms with Crippen molar-refractivity contribution in [3.05, 3.63) is 84.3 Å². The molecule has 0 N–H and O–H groups in total. The molecule has 1 saturated heterocycles. The molecule has 1 aliphatic rings. The first kappa shape index (κ1) is 18.5. The maximum absolute atomic E-state index is 4.69. The maximum Gasteiger partial charge on any atom is 0.225 e. The number of fused-ring (bicyclic) bond motifs is 1. The van der Waals surface area contributed by atoms with Crippen LogP contribution in [0.25, 0.3) is 10.8 Å². The Bertz CT molecular complexity index is 1120. The van der Waals surface area contributed by atoms with Gasteiger partial charge in [-0.25, -0.2) is 9.97 Å². The average molecular weight is 396 g/mol. The highest BCUT2D eigenvalue weighted by atomic mass is 15.3. The van der Waals surface area contributed by atoms with Crippen molar-refractivity contribution in [3.63, 3.8) is 0 Å². The van der Waals surface area contributed by atoms with Gasteiger partial charge >= 0.3 is 0 Å². The van der Waals surface area contributed by atoms with Gasteiger partial charge in [0.15, 0.2) is 5.82 Å². The van der Waals surface area contributed by atoms with Crippen LogP contribution in [0.1, 0.15) is 17.7 Å². The Morgan fingerprint density at radius 2 is 1.37 bits per heavy atom. The second-order valence-corrected chi connectivity index (χ2v) is 7.55. The summed E-state index contributed by atoms with van der Waals surface area (Å²) >= 11 is 0. The van der Waals surface area contributed by atoms with E-state index >= 15 is 0 Å². The third-order valence-electron chi connectivity index (χ3n) is 5.59. The van der Waals surface area contributed by atoms with Gasteiger partial charge in [-0.2, -0.15) is 5.10 Å². The topological polar surface area (TPSA) is 58.0 Å². The minimum Gasteiger partial charge on any atom is -0.353 e. The summed E-state index contributed by atoms with van der Waals surface area (Å²) in [5.41, 5.74) is 2.27. The second-order valence-electron chi connectivity index (χ2n) is 7.55. The quantitative estimate of drug-likeness (QED) is 0.524. The summed E-state index contributed by atoms with van der Waals surface area (Å²) in [5.74, 6) is 1.77. The molecular weight excluding hydrogens is 372 g/mol. The lowest BCUT2D eigenvalue weighted by molar-refractivity contribution is 0.780. The van der Waals surface area contributed by atoms with Crippen LogP contribution in [0.2, 0.25) is 0 Å². The van der Waals surface area contributed by atoms with E-state index in [1.54, 1.807) is 12.4 Å². The molecule has 1 fully saturated rings. The van der Waals surface area contributed by atoms with Gasteiger partial charge in [0, 0.05) is 55.8 Å². The number of aromatic nitrogens is 4. The predicted octanol–water partition coefficient (Wildman–Crippen LogP) is 3.73. The molecule has 5 rings (SSSR count). The molecular formula is C24H24N6. The monoisotopic (exact) mass is 396 g/mol. The van der Waals surface area contributed by atoms with Crippen LogP contribution in [0, 0.1) is 0 Å². The number of benzene rings is 2. The lowest BCUT2D eigenvalue weighted by atomic mass is 10.0. The molecule has 0 amide bonds. The summed E-state index contributed by atoms with van der Waals surface area (Å²) in [6, 6.07) is 20.8. The number of anilines is 2. The first-order chi connectivity index (χ1) is 14.9. The van der Waals surface area contributed by atoms with Crippen LogP contribution < -0.4 is 9.80 Å². The van der Waals surface area contributed by atoms with Crippen LogP contribution >= 0.6 is 0 Å². The molecule has 2 aromatic heterocycles. The van der Waals surface area contributed by atoms with Crippen molar-refractivity contribution in [1.82, 2.24) is 20.2 Å². The van der Waals surface area contributed by atoms with Gasteiger partial charge in [-0.05, 0) is 18.1 Å². The largest absolute Gasteiger partial charge is 0.353 e. The van der Waals surface area contributed by atoms with Crippen LogP contribution in [-0.4, -0.2) is 46.3 Å². The SMILES string of the molecule is c1ccc(Cc2nnc(N3CCCN(c4ncccn4)CC3)c3ccccc23)cc1. The van der Waals surface area contributed by atoms with Crippen molar-refractivity contribution in [2.75, 3.05) is 36.0 Å². The summed E-state index contributed by atoms with van der Waals surface area (Å²) in [7, 11) is 0. The zero-order valence-electron chi connectivity index (χ0n) is 16.9. The van der Waals surface area contributed by atoms with E-state index in [0.717, 1.165) is 56.5 Å². The fourth-order valence-electron chi connectivity index (χ4n) is 4.08. The van der Waals surface area contributed by atoms with Crippen LogP contribution in [-0.2, 0) is 6.42 Å². The summed E-state index contributed by atoms with van der Waals surface area (Å²) in [5, 5.41) is 11.7. The molecule has 0 atom stereocenters. The van der Waals surface area contributed by atoms with E-state index in [2.05, 4.69) is 73.4 Å². The highest BCUT2D eigenvalue weighted by Crippen LogP contribution is 2.28. The molecule has 150 valence electrons. The Labute approximate surface area is 176 Å². The van der Waals surface area contributed by atoms with Gasteiger partial charge in [-0.15, -0.1) is 5.10 Å². The van der Waals surface area contributed by atoms with Crippen LogP contribution in [0.15, 0.2) is 73.1 Å². The normalized spacial score (nSPS) is 14.7. The number of rotatable bonds is 4. The van der Waals surface area contributed by atoms with Crippen molar-refractivity contribution < 1.29 is 0 Å². The van der Waals surface area contributed by atoms with Gasteiger partial charge in [0.2, 0.25) is 5.95 Å². The molecule has 3 heterocycles. The van der Waals surface area contributed by atoms with Crippen LogP contribution in [0.5, 0.6) is 0 Å². The second kappa shape index (κ2) is 8.45. The molecule has 0 spiro atoms. The fourth-order valence-corrected chi connectivity index (χ4v) is 4.08. The molecule has 30 heavy (non-hydrogen) atoms. The van der Waals surface area contributed by atoms with Gasteiger partial charge in [0.25, 0.3) is 0 Å². The third-order valence-corrected chi connectivity index (χ3v) is 5.59. The van der Waals surface area contributed by atoms with E-state index in [4.69, 9.17) is 5.10 Å². The van der Waals surface area contributed by atoms with Crippen molar-refractivity contribution in [2.45, 2.75) is 12.8 Å². The van der Waals surface area contributed by atoms with E-state index < -0.39 is 0 Å². The molecule has 0 saturated carbocycles. The molecule has 2 aromatic carbocycles. The molecule has 0 radical (unpaired) electrons. The summed E-state index contributed by atoms with van der Waals surface area (Å²) in [6.07, 6.45) is 5.42. The minimum atomic E-state index is 0.785. The van der Waals surface area contributed by atoms with Crippen molar-refractivity contribution in [1.29, 1.82) is 0 Å². The number of nitrogens with zero attached hydrogens (tertiary/aromatic N) is 6. The lowest BCUT2D eigenvalue weighted by Gasteiger charge is -2.24. The highest BCUT2D eigenvalue weighted by Gasteiger charge is 2.20. The van der Waals surface area contributed by atoms with Crippen molar-refractivity contribution >= 4 is 22.5 Å². The average Bonchev–Trinajstić information content (AvgIpc) is 3.07. The van der Waals surface area contributed by atoms with Gasteiger partial charge < -0.3 is 9.80 Å². The van der Waals surface area contributed by atoms with Crippen LogP contribution in [0.4, 0.5) is 11.8 Å². The molecule has 4 aromatic rings. The van der Waals surface area contributed by atoms with E-state index in [-0.39, 0.29) is 0 Å². The molecule has 6 nitrogen and oxygen atoms in total. The molecule has 0 bridgehead atoms. The molecule has 0 aliphatic carbocycles. The number of hydrogen-bond acceptors (Lipinski definition) is 6. The van der Waals surface area contributed by atoms with Gasteiger partial charge in [-0.3, -0.25) is 0 Å². The zero-order valence-corrected chi connectivity index (χ0v) is 16.9. The zero-order chi connectivity index (χ0) is 20.2. The van der Waals surface area contributed by atoms with Crippen LogP contribution in [0.3, 0.4) is 0 Å². The molecule has 1 aliphatic heterocycles. The van der Waals surface area contributed by atoms with E-state index in [1.165, 1.54) is 16.3 Å². The lowest BCUT2D eigenvalue weighted by Crippen LogP contribution is -2.32. The summed E-state index contributed by atoms with van der Waals surface area (Å²) in [4.78, 5) is 13.4. The highest BCUT2D eigenvalue weighted by molar-refractivity contribution is 5.93. The first-order valence-corrected chi connectivity index (χ1v) is 10.4. The van der Waals surface area contributed by atoms with Crippen molar-refractivity contribution in [3.8, 4) is 0 Å². The van der Waals surface area contributed by atoms with Gasteiger partial charge in [0.05, 0.1) is 5.69 Å². The Balaban J connectivity index is 1.43. The summed E-state index contributed by atoms with van der Waals surface area (Å²) < 4.78 is 0. The van der Waals surface area contributed by atoms with E-state index in [9.17, 15) is 0 Å². The maximum atomic E-state index is 4.69. The van der Waals surface area contributed by atoms with E-state index in [1.807, 2.05) is 12.1 Å². The Morgan fingerprint density at radius 3 is 2.20 bits per heavy atom. The standard InChI is InChI=1S/C24H24N6/c1-2-8-19(9-3-1)18-22-20-10-4-5-11-21(20)23(28-27-22)29-14-7-15-30(17-16-29)24-25-12-6-13-26-24/h1-6,8-13H,7,14-18H2. The molecule has 6 heteroatoms. The number of hydrogen-bond donors (Lipinski definition) is 0. The first-order valence-electron chi connectivity index (χ1n) is 10.4. The van der Waals surface area contributed by atoms with Gasteiger partial charge in [0.1, 0.15) is 0 Å². The molecule has 0 unspecified atom stereocenters. The smallest absolute Gasteiger partial charge is 0.225 e. The Morgan fingerprint density at radius 1 is 0.667 bits per heavy atom. The summed E-state index contributed by atoms with van der Waals surface area (Å²) in [6.45, 7) is 3.62. The Kier molecular flexibility index (Phi) is 5.21. The van der Waals surface area contributed by atoms with Crippen molar-refractivity contribution in [2.24, 2.45) is 0 Å². The van der Waals surface area contributed by atoms with E-state index in [0.29, 0.717) is 0 Å². The minimum absolute atomic E-state index is 0.785. The van der Waals surface area contributed by atoms with Gasteiger partial charge in [-0.1, -0.05) is 54.6 Å².